The molecule has 0 bridgehead atoms. The first kappa shape index (κ1) is 19.0. The number of carbonyl (C=O) groups is 2. The van der Waals surface area contributed by atoms with Crippen LogP contribution in [0.5, 0.6) is 0 Å². The Morgan fingerprint density at radius 1 is 1.26 bits per heavy atom. The molecule has 8 nitrogen and oxygen atoms in total. The Morgan fingerprint density at radius 2 is 2.04 bits per heavy atom. The minimum Gasteiger partial charge on any atom is -0.354 e. The molecule has 1 aromatic heterocycles. The summed E-state index contributed by atoms with van der Waals surface area (Å²) in [5.74, 6) is -0.463. The zero-order valence-corrected chi connectivity index (χ0v) is 15.7. The number of amides is 2. The molecule has 2 aromatic rings. The average Bonchev–Trinajstić information content (AvgIpc) is 3.03. The van der Waals surface area contributed by atoms with Gasteiger partial charge in [0, 0.05) is 38.0 Å². The molecule has 0 aliphatic carbocycles. The smallest absolute Gasteiger partial charge is 0.274 e. The summed E-state index contributed by atoms with van der Waals surface area (Å²) < 4.78 is 1.35. The Labute approximate surface area is 157 Å². The Hall–Kier alpha value is -2.74. The van der Waals surface area contributed by atoms with Gasteiger partial charge in [0.2, 0.25) is 11.8 Å². The molecule has 1 aromatic carbocycles. The van der Waals surface area contributed by atoms with Crippen LogP contribution in [0, 0.1) is 5.92 Å². The van der Waals surface area contributed by atoms with Crippen LogP contribution in [0.1, 0.15) is 6.42 Å². The predicted octanol–water partition coefficient (Wildman–Crippen LogP) is -0.0772. The van der Waals surface area contributed by atoms with Crippen molar-refractivity contribution in [2.24, 2.45) is 5.92 Å². The number of nitrogens with zero attached hydrogens (tertiary/aromatic N) is 4. The zero-order valence-electron chi connectivity index (χ0n) is 15.7. The summed E-state index contributed by atoms with van der Waals surface area (Å²) in [5, 5.41) is 8.38. The maximum Gasteiger partial charge on any atom is 0.274 e. The second kappa shape index (κ2) is 8.30. The van der Waals surface area contributed by atoms with Gasteiger partial charge in [-0.25, -0.2) is 4.68 Å². The quantitative estimate of drug-likeness (QED) is 0.736. The van der Waals surface area contributed by atoms with Crippen molar-refractivity contribution in [2.45, 2.75) is 13.0 Å². The third-order valence-corrected chi connectivity index (χ3v) is 4.79. The third kappa shape index (κ3) is 4.51. The average molecular weight is 371 g/mol. The molecule has 1 aliphatic rings. The highest BCUT2D eigenvalue weighted by molar-refractivity contribution is 5.89. The molecule has 2 amide bonds. The molecule has 1 saturated heterocycles. The SMILES string of the molecule is CN(C)CCN1C[C@@H](C(=O)NCCn2ncc3ccccc3c2=O)CC1=O. The lowest BCUT2D eigenvalue weighted by Crippen LogP contribution is -2.37. The van der Waals surface area contributed by atoms with Gasteiger partial charge in [-0.3, -0.25) is 14.4 Å². The first-order valence-electron chi connectivity index (χ1n) is 9.11. The van der Waals surface area contributed by atoms with Crippen molar-refractivity contribution >= 4 is 22.6 Å². The number of likely N-dealkylation sites (tertiary alicyclic amines) is 1. The van der Waals surface area contributed by atoms with Crippen LogP contribution >= 0.6 is 0 Å². The van der Waals surface area contributed by atoms with Gasteiger partial charge in [-0.15, -0.1) is 0 Å². The highest BCUT2D eigenvalue weighted by Crippen LogP contribution is 2.17. The standard InChI is InChI=1S/C19H25N5O3/c1-22(2)9-10-23-13-15(11-17(23)25)18(26)20-7-8-24-19(27)16-6-4-3-5-14(16)12-21-24/h3-6,12,15H,7-11,13H2,1-2H3,(H,20,26)/t15-/m0/s1. The highest BCUT2D eigenvalue weighted by atomic mass is 16.2. The monoisotopic (exact) mass is 371 g/mol. The molecule has 27 heavy (non-hydrogen) atoms. The van der Waals surface area contributed by atoms with Crippen molar-refractivity contribution in [1.29, 1.82) is 0 Å². The van der Waals surface area contributed by atoms with E-state index in [2.05, 4.69) is 10.4 Å². The molecular weight excluding hydrogens is 346 g/mol. The number of aromatic nitrogens is 2. The Bertz CT molecular complexity index is 892. The van der Waals surface area contributed by atoms with Gasteiger partial charge in [0.1, 0.15) is 0 Å². The van der Waals surface area contributed by atoms with Crippen LogP contribution in [-0.4, -0.2) is 71.7 Å². The molecular formula is C19H25N5O3. The van der Waals surface area contributed by atoms with Gasteiger partial charge in [-0.05, 0) is 20.2 Å². The lowest BCUT2D eigenvalue weighted by molar-refractivity contribution is -0.129. The maximum atomic E-state index is 12.4. The molecule has 1 aliphatic heterocycles. The Balaban J connectivity index is 1.52. The molecule has 0 spiro atoms. The summed E-state index contributed by atoms with van der Waals surface area (Å²) >= 11 is 0. The van der Waals surface area contributed by atoms with Gasteiger partial charge in [0.25, 0.3) is 5.56 Å². The van der Waals surface area contributed by atoms with E-state index in [4.69, 9.17) is 0 Å². The van der Waals surface area contributed by atoms with E-state index in [1.54, 1.807) is 17.2 Å². The maximum absolute atomic E-state index is 12.4. The Kier molecular flexibility index (Phi) is 5.85. The van der Waals surface area contributed by atoms with Gasteiger partial charge in [-0.1, -0.05) is 18.2 Å². The van der Waals surface area contributed by atoms with Crippen molar-refractivity contribution in [3.8, 4) is 0 Å². The molecule has 1 fully saturated rings. The van der Waals surface area contributed by atoms with Crippen molar-refractivity contribution in [3.63, 3.8) is 0 Å². The second-order valence-electron chi connectivity index (χ2n) is 7.10. The molecule has 0 radical (unpaired) electrons. The number of likely N-dealkylation sites (N-methyl/N-ethyl adjacent to an activating group) is 1. The summed E-state index contributed by atoms with van der Waals surface area (Å²) in [5.41, 5.74) is -0.173. The van der Waals surface area contributed by atoms with Crippen LogP contribution in [0.3, 0.4) is 0 Å². The predicted molar refractivity (Wildman–Crippen MR) is 102 cm³/mol. The summed E-state index contributed by atoms with van der Waals surface area (Å²) in [6.45, 7) is 2.45. The molecule has 8 heteroatoms. The van der Waals surface area contributed by atoms with E-state index in [0.29, 0.717) is 31.6 Å². The number of benzene rings is 1. The Morgan fingerprint density at radius 3 is 2.81 bits per heavy atom. The molecule has 3 rings (SSSR count). The van der Waals surface area contributed by atoms with Crippen LogP contribution in [0.2, 0.25) is 0 Å². The topological polar surface area (TPSA) is 87.5 Å². The first-order valence-corrected chi connectivity index (χ1v) is 9.11. The summed E-state index contributed by atoms with van der Waals surface area (Å²) in [7, 11) is 3.90. The molecule has 0 unspecified atom stereocenters. The number of nitrogens with one attached hydrogen (secondary N) is 1. The van der Waals surface area contributed by atoms with Crippen molar-refractivity contribution < 1.29 is 9.59 Å². The fraction of sp³-hybridized carbons (Fsp3) is 0.474. The third-order valence-electron chi connectivity index (χ3n) is 4.79. The fourth-order valence-corrected chi connectivity index (χ4v) is 3.20. The van der Waals surface area contributed by atoms with Gasteiger partial charge in [-0.2, -0.15) is 5.10 Å². The first-order chi connectivity index (χ1) is 13.0. The number of fused-ring (bicyclic) bond motifs is 1. The minimum absolute atomic E-state index is 0.0180. The molecule has 0 saturated carbocycles. The van der Waals surface area contributed by atoms with E-state index < -0.39 is 0 Å². The van der Waals surface area contributed by atoms with E-state index in [1.807, 2.05) is 37.2 Å². The molecule has 144 valence electrons. The van der Waals surface area contributed by atoms with Crippen LogP contribution in [-0.2, 0) is 16.1 Å². The highest BCUT2D eigenvalue weighted by Gasteiger charge is 2.33. The van der Waals surface area contributed by atoms with Crippen LogP contribution < -0.4 is 10.9 Å². The lowest BCUT2D eigenvalue weighted by atomic mass is 10.1. The fourth-order valence-electron chi connectivity index (χ4n) is 3.20. The van der Waals surface area contributed by atoms with Crippen LogP contribution in [0.4, 0.5) is 0 Å². The molecule has 1 atom stereocenters. The van der Waals surface area contributed by atoms with E-state index in [0.717, 1.165) is 11.9 Å². The van der Waals surface area contributed by atoms with Gasteiger partial charge >= 0.3 is 0 Å². The van der Waals surface area contributed by atoms with E-state index in [-0.39, 0.29) is 29.7 Å². The number of hydrogen-bond donors (Lipinski definition) is 1. The molecule has 2 heterocycles. The van der Waals surface area contributed by atoms with Crippen LogP contribution in [0.15, 0.2) is 35.3 Å². The summed E-state index contributed by atoms with van der Waals surface area (Å²) in [6, 6.07) is 7.28. The number of hydrogen-bond acceptors (Lipinski definition) is 5. The van der Waals surface area contributed by atoms with E-state index >= 15 is 0 Å². The summed E-state index contributed by atoms with van der Waals surface area (Å²) in [6.07, 6.45) is 1.89. The van der Waals surface area contributed by atoms with Gasteiger partial charge in [0.05, 0.1) is 24.0 Å². The van der Waals surface area contributed by atoms with E-state index in [1.165, 1.54) is 4.68 Å². The zero-order chi connectivity index (χ0) is 19.4. The summed E-state index contributed by atoms with van der Waals surface area (Å²) in [4.78, 5) is 40.5. The largest absolute Gasteiger partial charge is 0.354 e. The van der Waals surface area contributed by atoms with Crippen LogP contribution in [0.25, 0.3) is 10.8 Å². The normalized spacial score (nSPS) is 17.1. The number of rotatable bonds is 7. The van der Waals surface area contributed by atoms with Crippen molar-refractivity contribution in [2.75, 3.05) is 40.3 Å². The van der Waals surface area contributed by atoms with Gasteiger partial charge < -0.3 is 15.1 Å². The lowest BCUT2D eigenvalue weighted by Gasteiger charge is -2.19. The van der Waals surface area contributed by atoms with Crippen molar-refractivity contribution in [1.82, 2.24) is 24.9 Å². The van der Waals surface area contributed by atoms with Crippen molar-refractivity contribution in [3.05, 3.63) is 40.8 Å². The minimum atomic E-state index is -0.332. The number of carbonyl (C=O) groups excluding carboxylic acids is 2. The van der Waals surface area contributed by atoms with E-state index in [9.17, 15) is 14.4 Å². The van der Waals surface area contributed by atoms with Gasteiger partial charge in [0.15, 0.2) is 0 Å². The molecule has 1 N–H and O–H groups in total. The second-order valence-corrected chi connectivity index (χ2v) is 7.10.